The lowest BCUT2D eigenvalue weighted by atomic mass is 9.98. The lowest BCUT2D eigenvalue weighted by Crippen LogP contribution is -2.57. The summed E-state index contributed by atoms with van der Waals surface area (Å²) >= 11 is 0. The Morgan fingerprint density at radius 3 is 1.25 bits per heavy atom. The first kappa shape index (κ1) is 75.0. The molecule has 2 aliphatic rings. The summed E-state index contributed by atoms with van der Waals surface area (Å²) in [6.45, 7) is 1.49. The molecule has 37 heteroatoms. The molecule has 2 fully saturated rings. The Balaban J connectivity index is 0.913. The first-order valence-corrected chi connectivity index (χ1v) is 27.9. The van der Waals surface area contributed by atoms with Gasteiger partial charge in [-0.15, -0.1) is 0 Å². The molecule has 2 saturated heterocycles. The van der Waals surface area contributed by atoms with Crippen LogP contribution in [0.4, 0.5) is 38.2 Å². The molecule has 0 unspecified atom stereocenters. The lowest BCUT2D eigenvalue weighted by Gasteiger charge is -2.37. The van der Waals surface area contributed by atoms with E-state index in [9.17, 15) is 65.9 Å². The highest BCUT2D eigenvalue weighted by Crippen LogP contribution is 2.29. The number of ether oxygens (including phenoxy) is 13. The van der Waals surface area contributed by atoms with Crippen LogP contribution >= 0.6 is 0 Å². The van der Waals surface area contributed by atoms with Crippen molar-refractivity contribution in [2.75, 3.05) is 182 Å². The SMILES string of the molecule is O=C(O)COCC(=O)NC(COCCC(=O)NCCOCCOCCOCCOC[C@H]1OC[C@H](Nc2nccc(C(F)(F)F)n2)[C@@H](O)[C@H]1O)COCCC(=O)NCCOCCOCCOCCOC[C@H]1OC[C@H](Nc2nccc(C(F)(F)F)n2)[C@@H](O)[C@H]1O. The van der Waals surface area contributed by atoms with Crippen molar-refractivity contribution in [3.8, 4) is 0 Å². The monoisotopic (exact) mass is 1280 g/mol. The molecule has 3 amide bonds. The van der Waals surface area contributed by atoms with Crippen LogP contribution in [0.5, 0.6) is 0 Å². The highest BCUT2D eigenvalue weighted by Gasteiger charge is 2.41. The van der Waals surface area contributed by atoms with Crippen molar-refractivity contribution in [3.63, 3.8) is 0 Å². The largest absolute Gasteiger partial charge is 0.480 e. The van der Waals surface area contributed by atoms with Crippen LogP contribution in [0.1, 0.15) is 24.2 Å². The van der Waals surface area contributed by atoms with Crippen LogP contribution < -0.4 is 26.6 Å². The number of halogens is 6. The summed E-state index contributed by atoms with van der Waals surface area (Å²) in [7, 11) is 0. The van der Waals surface area contributed by atoms with E-state index in [1.54, 1.807) is 0 Å². The van der Waals surface area contributed by atoms with Gasteiger partial charge in [0.1, 0.15) is 61.2 Å². The minimum atomic E-state index is -4.68. The van der Waals surface area contributed by atoms with Gasteiger partial charge in [-0.05, 0) is 12.1 Å². The maximum atomic E-state index is 13.0. The lowest BCUT2D eigenvalue weighted by molar-refractivity contribution is -0.161. The van der Waals surface area contributed by atoms with E-state index in [0.717, 1.165) is 12.4 Å². The van der Waals surface area contributed by atoms with Crippen LogP contribution in [-0.2, 0) is 93.1 Å². The summed E-state index contributed by atoms with van der Waals surface area (Å²) in [5.41, 5.74) is -2.33. The van der Waals surface area contributed by atoms with Crippen LogP contribution in [0.2, 0.25) is 0 Å². The molecular formula is C51H79F6N9O22. The molecule has 0 aliphatic carbocycles. The van der Waals surface area contributed by atoms with E-state index in [0.29, 0.717) is 12.1 Å². The van der Waals surface area contributed by atoms with E-state index < -0.39 is 104 Å². The number of carbonyl (C=O) groups is 4. The number of nitrogens with zero attached hydrogens (tertiary/aromatic N) is 4. The molecule has 8 atom stereocenters. The predicted molar refractivity (Wildman–Crippen MR) is 286 cm³/mol. The molecule has 2 aromatic heterocycles. The number of aliphatic hydroxyl groups excluding tert-OH is 4. The number of aromatic nitrogens is 4. The fourth-order valence-corrected chi connectivity index (χ4v) is 7.65. The first-order chi connectivity index (χ1) is 42.2. The van der Waals surface area contributed by atoms with Gasteiger partial charge in [0.15, 0.2) is 0 Å². The van der Waals surface area contributed by atoms with Crippen molar-refractivity contribution >= 4 is 35.6 Å². The Kier molecular flexibility index (Phi) is 36.2. The molecule has 502 valence electrons. The van der Waals surface area contributed by atoms with Crippen molar-refractivity contribution in [3.05, 3.63) is 35.9 Å². The zero-order valence-electron chi connectivity index (χ0n) is 48.0. The van der Waals surface area contributed by atoms with Gasteiger partial charge in [-0.25, -0.2) is 24.7 Å². The predicted octanol–water partition coefficient (Wildman–Crippen LogP) is -2.43. The number of nitrogens with one attached hydrogen (secondary N) is 5. The molecule has 2 aliphatic heterocycles. The van der Waals surface area contributed by atoms with Gasteiger partial charge in [0.25, 0.3) is 0 Å². The number of anilines is 2. The summed E-state index contributed by atoms with van der Waals surface area (Å²) in [6.07, 6.45) is -15.0. The van der Waals surface area contributed by atoms with E-state index in [-0.39, 0.29) is 195 Å². The number of alkyl halides is 6. The fraction of sp³-hybridized carbons (Fsp3) is 0.765. The average molecular weight is 1280 g/mol. The van der Waals surface area contributed by atoms with E-state index in [4.69, 9.17) is 66.7 Å². The standard InChI is InChI=1S/C51H79F6N9O22/c52-50(53,54)38-1-5-60-48(65-38)63-34-27-87-36(46(74)44(34)72)29-84-23-21-80-19-17-78-15-13-76-11-7-58-40(67)3-9-82-25-33(62-42(69)31-86-32-43(70)71)26-83-10-4-41(68)59-8-12-77-14-16-79-18-20-81-22-24-85-30-37-47(75)45(73)35(28-88-37)64-49-61-6-2-39(66-49)51(55,56)57/h1-2,5-6,33-37,44-47,72-75H,3-4,7-32H2,(H,58,67)(H,59,68)(H,62,69)(H,70,71)(H,60,63,65)(H,61,64,66)/t34-,35-,36+,37+,44+,45+,46-,47-/m0/s1. The Hall–Kier alpha value is -5.46. The molecule has 4 rings (SSSR count). The van der Waals surface area contributed by atoms with Crippen LogP contribution in [0, 0.1) is 0 Å². The Bertz CT molecular complexity index is 2150. The van der Waals surface area contributed by atoms with Gasteiger partial charge in [-0.2, -0.15) is 26.3 Å². The topological polar surface area (TPSA) is 401 Å². The number of aliphatic carboxylic acids is 1. The zero-order valence-corrected chi connectivity index (χ0v) is 48.0. The van der Waals surface area contributed by atoms with Crippen LogP contribution in [0.3, 0.4) is 0 Å². The second kappa shape index (κ2) is 42.5. The number of hydrogen-bond acceptors (Lipinski definition) is 27. The molecule has 0 aromatic carbocycles. The molecule has 0 radical (unpaired) electrons. The van der Waals surface area contributed by atoms with Crippen molar-refractivity contribution in [1.82, 2.24) is 35.9 Å². The molecule has 4 heterocycles. The van der Waals surface area contributed by atoms with E-state index in [2.05, 4.69) is 46.5 Å². The number of aliphatic hydroxyl groups is 4. The summed E-state index contributed by atoms with van der Waals surface area (Å²) in [4.78, 5) is 62.0. The van der Waals surface area contributed by atoms with Crippen molar-refractivity contribution < 1.29 is 133 Å². The maximum Gasteiger partial charge on any atom is 0.433 e. The van der Waals surface area contributed by atoms with Crippen molar-refractivity contribution in [2.24, 2.45) is 0 Å². The minimum Gasteiger partial charge on any atom is -0.480 e. The quantitative estimate of drug-likeness (QED) is 0.0243. The van der Waals surface area contributed by atoms with Crippen LogP contribution in [0.25, 0.3) is 0 Å². The summed E-state index contributed by atoms with van der Waals surface area (Å²) in [5.74, 6) is -3.32. The third-order valence-corrected chi connectivity index (χ3v) is 12.1. The molecule has 0 spiro atoms. The molecule has 10 N–H and O–H groups in total. The van der Waals surface area contributed by atoms with Gasteiger partial charge in [0.2, 0.25) is 29.6 Å². The number of carboxylic acid groups (broad SMARTS) is 1. The maximum absolute atomic E-state index is 13.0. The Morgan fingerprint density at radius 1 is 0.500 bits per heavy atom. The summed E-state index contributed by atoms with van der Waals surface area (Å²) in [6, 6.07) is -1.28. The molecule has 2 aromatic rings. The number of carboxylic acids is 1. The second-order valence-electron chi connectivity index (χ2n) is 19.1. The van der Waals surface area contributed by atoms with Gasteiger partial charge < -0.3 is 114 Å². The first-order valence-electron chi connectivity index (χ1n) is 27.9. The van der Waals surface area contributed by atoms with Crippen LogP contribution in [0.15, 0.2) is 24.5 Å². The minimum absolute atomic E-state index is 0.0188. The van der Waals surface area contributed by atoms with Gasteiger partial charge >= 0.3 is 18.3 Å². The molecule has 0 saturated carbocycles. The smallest absolute Gasteiger partial charge is 0.433 e. The van der Waals surface area contributed by atoms with Gasteiger partial charge in [0.05, 0.1) is 163 Å². The van der Waals surface area contributed by atoms with E-state index >= 15 is 0 Å². The third-order valence-electron chi connectivity index (χ3n) is 12.1. The van der Waals surface area contributed by atoms with Crippen LogP contribution in [-0.4, -0.2) is 296 Å². The number of rotatable bonds is 47. The second-order valence-corrected chi connectivity index (χ2v) is 19.1. The fourth-order valence-electron chi connectivity index (χ4n) is 7.65. The summed E-state index contributed by atoms with van der Waals surface area (Å²) in [5, 5.41) is 63.8. The number of carbonyl (C=O) groups excluding carboxylic acids is 3. The van der Waals surface area contributed by atoms with E-state index in [1.165, 1.54) is 0 Å². The van der Waals surface area contributed by atoms with E-state index in [1.807, 2.05) is 0 Å². The molecule has 88 heavy (non-hydrogen) atoms. The zero-order chi connectivity index (χ0) is 64.0. The normalized spacial score (nSPS) is 20.6. The van der Waals surface area contributed by atoms with Crippen molar-refractivity contribution in [1.29, 1.82) is 0 Å². The molecule has 0 bridgehead atoms. The number of hydrogen-bond donors (Lipinski definition) is 10. The van der Waals surface area contributed by atoms with Gasteiger partial charge in [0, 0.05) is 38.3 Å². The molecule has 31 nitrogen and oxygen atoms in total. The average Bonchev–Trinajstić information content (AvgIpc) is 1.91. The highest BCUT2D eigenvalue weighted by molar-refractivity contribution is 5.78. The van der Waals surface area contributed by atoms with Gasteiger partial charge in [-0.1, -0.05) is 0 Å². The highest BCUT2D eigenvalue weighted by atomic mass is 19.4. The Labute approximate surface area is 501 Å². The van der Waals surface area contributed by atoms with Gasteiger partial charge in [-0.3, -0.25) is 14.4 Å². The van der Waals surface area contributed by atoms with Crippen molar-refractivity contribution in [2.45, 2.75) is 79.9 Å². The third kappa shape index (κ3) is 31.8. The molecular weight excluding hydrogens is 1200 g/mol. The Morgan fingerprint density at radius 2 is 0.875 bits per heavy atom. The summed E-state index contributed by atoms with van der Waals surface area (Å²) < 4.78 is 149. The number of amides is 3.